The minimum absolute atomic E-state index is 0.0298. The number of carboxylic acid groups (broad SMARTS) is 1. The summed E-state index contributed by atoms with van der Waals surface area (Å²) in [5.41, 5.74) is 5.27. The van der Waals surface area contributed by atoms with Crippen molar-refractivity contribution in [1.29, 1.82) is 5.26 Å². The van der Waals surface area contributed by atoms with Gasteiger partial charge >= 0.3 is 11.9 Å². The molecule has 0 saturated carbocycles. The number of nitriles is 1. The lowest BCUT2D eigenvalue weighted by Gasteiger charge is -2.32. The van der Waals surface area contributed by atoms with Crippen molar-refractivity contribution in [3.63, 3.8) is 0 Å². The van der Waals surface area contributed by atoms with E-state index in [4.69, 9.17) is 15.7 Å². The van der Waals surface area contributed by atoms with Crippen molar-refractivity contribution < 1.29 is 37.9 Å². The van der Waals surface area contributed by atoms with Gasteiger partial charge in [-0.3, -0.25) is 4.79 Å². The Hall–Kier alpha value is -5.36. The average Bonchev–Trinajstić information content (AvgIpc) is 3.71. The van der Waals surface area contributed by atoms with Crippen LogP contribution < -0.4 is 15.0 Å². The van der Waals surface area contributed by atoms with E-state index >= 15 is 4.39 Å². The third-order valence-corrected chi connectivity index (χ3v) is 8.44. The molecule has 4 N–H and O–H groups in total. The molecule has 0 bridgehead atoms. The Balaban J connectivity index is 1.44. The van der Waals surface area contributed by atoms with E-state index in [1.54, 1.807) is 41.1 Å². The van der Waals surface area contributed by atoms with Gasteiger partial charge in [0.1, 0.15) is 29.5 Å². The molecule has 3 aromatic carbocycles. The minimum Gasteiger partial charge on any atom is -0.478 e. The van der Waals surface area contributed by atoms with E-state index in [1.807, 2.05) is 0 Å². The molecule has 0 aliphatic rings. The molecule has 2 unspecified atom stereocenters. The molecule has 5 rings (SSSR count). The van der Waals surface area contributed by atoms with Gasteiger partial charge in [0.25, 0.3) is 6.33 Å². The van der Waals surface area contributed by atoms with Gasteiger partial charge < -0.3 is 20.7 Å². The first-order valence-electron chi connectivity index (χ1n) is 13.8. The maximum absolute atomic E-state index is 15.2. The van der Waals surface area contributed by atoms with Gasteiger partial charge in [0.2, 0.25) is 6.33 Å². The number of nitrogens with zero attached hydrogens (tertiary/aromatic N) is 5. The molecular formula is C32H27F2N6O5S+. The number of thiazole rings is 1. The molecule has 0 amide bonds. The molecule has 11 nitrogen and oxygen atoms in total. The SMILES string of the molecule is CC(c1nc(-c2ccc(C#N)cc2)cs1)C(O)(Cn1c[n+](Cc2ccc(OC(=O)CN)cc2C(=O)O)cn1)c1ccc(F)cc1F. The zero-order chi connectivity index (χ0) is 33.0. The minimum atomic E-state index is -1.96. The maximum Gasteiger partial charge on any atom is 0.336 e. The highest BCUT2D eigenvalue weighted by molar-refractivity contribution is 7.10. The second-order valence-corrected chi connectivity index (χ2v) is 11.3. The monoisotopic (exact) mass is 645 g/mol. The summed E-state index contributed by atoms with van der Waals surface area (Å²) in [4.78, 5) is 28.2. The number of carbonyl (C=O) groups is 2. The van der Waals surface area contributed by atoms with Crippen molar-refractivity contribution >= 4 is 23.3 Å². The zero-order valence-electron chi connectivity index (χ0n) is 24.3. The summed E-state index contributed by atoms with van der Waals surface area (Å²) >= 11 is 1.26. The fourth-order valence-electron chi connectivity index (χ4n) is 4.93. The Labute approximate surface area is 265 Å². The maximum atomic E-state index is 15.2. The highest BCUT2D eigenvalue weighted by Crippen LogP contribution is 2.41. The second-order valence-electron chi connectivity index (χ2n) is 10.4. The summed E-state index contributed by atoms with van der Waals surface area (Å²) in [6.45, 7) is 1.09. The first-order valence-corrected chi connectivity index (χ1v) is 14.7. The molecule has 234 valence electrons. The fraction of sp³-hybridized carbons (Fsp3) is 0.188. The number of carbonyl (C=O) groups excluding carboxylic acids is 1. The van der Waals surface area contributed by atoms with Gasteiger partial charge in [-0.2, -0.15) is 5.26 Å². The molecular weight excluding hydrogens is 618 g/mol. The molecule has 14 heteroatoms. The third kappa shape index (κ3) is 6.81. The van der Waals surface area contributed by atoms with E-state index in [1.165, 1.54) is 52.9 Å². The number of benzene rings is 3. The van der Waals surface area contributed by atoms with Crippen molar-refractivity contribution in [2.45, 2.75) is 31.5 Å². The third-order valence-electron chi connectivity index (χ3n) is 7.41. The number of ether oxygens (including phenoxy) is 1. The number of hydrogen-bond donors (Lipinski definition) is 3. The molecule has 0 fully saturated rings. The van der Waals surface area contributed by atoms with Crippen molar-refractivity contribution in [3.05, 3.63) is 118 Å². The van der Waals surface area contributed by atoms with Crippen LogP contribution in [0.4, 0.5) is 8.78 Å². The molecule has 2 heterocycles. The topological polar surface area (TPSA) is 168 Å². The van der Waals surface area contributed by atoms with E-state index in [0.29, 0.717) is 27.9 Å². The number of nitrogens with two attached hydrogens (primary N) is 1. The van der Waals surface area contributed by atoms with Gasteiger partial charge in [0.15, 0.2) is 0 Å². The molecule has 0 radical (unpaired) electrons. The summed E-state index contributed by atoms with van der Waals surface area (Å²) in [7, 11) is 0. The van der Waals surface area contributed by atoms with Crippen LogP contribution in [0, 0.1) is 23.0 Å². The van der Waals surface area contributed by atoms with Crippen LogP contribution in [0.5, 0.6) is 5.75 Å². The van der Waals surface area contributed by atoms with Crippen molar-refractivity contribution in [1.82, 2.24) is 14.8 Å². The Bertz CT molecular complexity index is 1960. The van der Waals surface area contributed by atoms with Crippen LogP contribution in [0.15, 0.2) is 78.7 Å². The van der Waals surface area contributed by atoms with Gasteiger partial charge in [-0.1, -0.05) is 31.2 Å². The smallest absolute Gasteiger partial charge is 0.336 e. The molecule has 46 heavy (non-hydrogen) atoms. The molecule has 5 aromatic rings. The van der Waals surface area contributed by atoms with E-state index in [-0.39, 0.29) is 36.5 Å². The quantitative estimate of drug-likeness (QED) is 0.110. The fourth-order valence-corrected chi connectivity index (χ4v) is 5.91. The van der Waals surface area contributed by atoms with Gasteiger partial charge in [-0.25, -0.2) is 23.1 Å². The number of hydrogen-bond acceptors (Lipinski definition) is 9. The zero-order valence-corrected chi connectivity index (χ0v) is 25.1. The van der Waals surface area contributed by atoms with Gasteiger partial charge in [-0.15, -0.1) is 16.0 Å². The summed E-state index contributed by atoms with van der Waals surface area (Å²) in [5, 5.41) is 37.6. The van der Waals surface area contributed by atoms with Gasteiger partial charge in [-0.05, 0) is 30.3 Å². The normalized spacial score (nSPS) is 13.0. The van der Waals surface area contributed by atoms with Crippen LogP contribution in [0.3, 0.4) is 0 Å². The Morgan fingerprint density at radius 2 is 1.93 bits per heavy atom. The van der Waals surface area contributed by atoms with E-state index in [2.05, 4.69) is 16.2 Å². The van der Waals surface area contributed by atoms with Crippen molar-refractivity contribution in [2.75, 3.05) is 6.54 Å². The number of aromatic nitrogens is 4. The Morgan fingerprint density at radius 3 is 2.61 bits per heavy atom. The number of carboxylic acids is 1. The van der Waals surface area contributed by atoms with Crippen LogP contribution in [0.2, 0.25) is 0 Å². The van der Waals surface area contributed by atoms with E-state index < -0.39 is 35.1 Å². The van der Waals surface area contributed by atoms with Crippen LogP contribution in [0.25, 0.3) is 11.3 Å². The molecule has 0 saturated heterocycles. The largest absolute Gasteiger partial charge is 0.478 e. The number of aromatic carboxylic acids is 1. The predicted octanol–water partition coefficient (Wildman–Crippen LogP) is 3.75. The van der Waals surface area contributed by atoms with Crippen LogP contribution >= 0.6 is 11.3 Å². The number of aliphatic hydroxyl groups is 1. The molecule has 2 atom stereocenters. The lowest BCUT2D eigenvalue weighted by Crippen LogP contribution is -2.39. The summed E-state index contributed by atoms with van der Waals surface area (Å²) in [5.74, 6) is -4.48. The van der Waals surface area contributed by atoms with Gasteiger partial charge in [0, 0.05) is 39.2 Å². The first kappa shape index (κ1) is 32.0. The van der Waals surface area contributed by atoms with E-state index in [0.717, 1.165) is 11.6 Å². The molecule has 2 aromatic heterocycles. The van der Waals surface area contributed by atoms with Crippen LogP contribution in [-0.4, -0.2) is 43.5 Å². The molecule has 0 aliphatic carbocycles. The number of rotatable bonds is 11. The predicted molar refractivity (Wildman–Crippen MR) is 161 cm³/mol. The Kier molecular flexibility index (Phi) is 9.28. The first-order chi connectivity index (χ1) is 22.0. The molecule has 0 spiro atoms. The summed E-state index contributed by atoms with van der Waals surface area (Å²) < 4.78 is 37.1. The second kappa shape index (κ2) is 13.3. The lowest BCUT2D eigenvalue weighted by atomic mass is 9.82. The van der Waals surface area contributed by atoms with Crippen LogP contribution in [0.1, 0.15) is 44.9 Å². The highest BCUT2D eigenvalue weighted by atomic mass is 32.1. The van der Waals surface area contributed by atoms with Crippen LogP contribution in [-0.2, 0) is 23.5 Å². The summed E-state index contributed by atoms with van der Waals surface area (Å²) in [6.07, 6.45) is 2.92. The van der Waals surface area contributed by atoms with Crippen molar-refractivity contribution in [2.24, 2.45) is 5.73 Å². The van der Waals surface area contributed by atoms with Crippen molar-refractivity contribution in [3.8, 4) is 23.1 Å². The number of halogens is 2. The van der Waals surface area contributed by atoms with Gasteiger partial charge in [0.05, 0.1) is 41.0 Å². The molecule has 0 aliphatic heterocycles. The lowest BCUT2D eigenvalue weighted by molar-refractivity contribution is -0.689. The highest BCUT2D eigenvalue weighted by Gasteiger charge is 2.43. The summed E-state index contributed by atoms with van der Waals surface area (Å²) in [6, 6.07) is 16.0. The average molecular weight is 646 g/mol. The number of esters is 1. The standard InChI is InChI=1S/C32H26F2N6O5S/c1-19(30-38-28(15-46-30)21-4-2-20(12-35)3-5-21)32(44,26-9-7-23(33)10-27(26)34)16-40-18-39(17-37-40)14-22-6-8-24(45-29(41)13-36)11-25(22)31(42)43/h2-11,15,17-19,44H,13-14,16,36H2,1H3/p+1. The Morgan fingerprint density at radius 1 is 1.17 bits per heavy atom. The van der Waals surface area contributed by atoms with E-state index in [9.17, 15) is 24.2 Å².